The summed E-state index contributed by atoms with van der Waals surface area (Å²) in [6.07, 6.45) is -3.09. The number of alkyl halides is 3. The van der Waals surface area contributed by atoms with Crippen molar-refractivity contribution in [2.45, 2.75) is 51.9 Å². The van der Waals surface area contributed by atoms with Crippen molar-refractivity contribution in [3.05, 3.63) is 47.3 Å². The van der Waals surface area contributed by atoms with E-state index >= 15 is 0 Å². The van der Waals surface area contributed by atoms with Crippen LogP contribution in [0, 0.1) is 11.3 Å². The highest BCUT2D eigenvalue weighted by Crippen LogP contribution is 2.40. The molecular formula is C27H33Cl2F3N6O2S. The monoisotopic (exact) mass is 632 g/mol. The first kappa shape index (κ1) is 34.5. The summed E-state index contributed by atoms with van der Waals surface area (Å²) in [7, 11) is 0. The van der Waals surface area contributed by atoms with Crippen molar-refractivity contribution in [3.63, 3.8) is 0 Å². The number of nitriles is 1. The molecule has 224 valence electrons. The molecule has 4 rings (SSSR count). The number of carbonyl (C=O) groups is 1. The zero-order chi connectivity index (χ0) is 28.5. The molecule has 1 unspecified atom stereocenters. The van der Waals surface area contributed by atoms with Gasteiger partial charge in [0.1, 0.15) is 24.0 Å². The summed E-state index contributed by atoms with van der Waals surface area (Å²) >= 11 is 5.63. The Kier molecular flexibility index (Phi) is 11.4. The van der Waals surface area contributed by atoms with Gasteiger partial charge in [-0.25, -0.2) is 4.98 Å². The molecule has 41 heavy (non-hydrogen) atoms. The summed E-state index contributed by atoms with van der Waals surface area (Å²) in [6, 6.07) is 8.16. The lowest BCUT2D eigenvalue weighted by atomic mass is 10.0. The van der Waals surface area contributed by atoms with Gasteiger partial charge in [0.25, 0.3) is 5.91 Å². The first-order chi connectivity index (χ1) is 18.4. The Labute approximate surface area is 255 Å². The number of benzene rings is 1. The zero-order valence-electron chi connectivity index (χ0n) is 23.1. The number of piperazine rings is 1. The van der Waals surface area contributed by atoms with Gasteiger partial charge in [-0.1, -0.05) is 6.92 Å². The van der Waals surface area contributed by atoms with Crippen molar-refractivity contribution in [2.24, 2.45) is 0 Å². The average Bonchev–Trinajstić information content (AvgIpc) is 3.06. The number of aryl methyl sites for hydroxylation is 1. The van der Waals surface area contributed by atoms with E-state index in [1.807, 2.05) is 19.1 Å². The molecule has 8 nitrogen and oxygen atoms in total. The molecule has 0 saturated carbocycles. The zero-order valence-corrected chi connectivity index (χ0v) is 25.6. The number of thiocarbonyl (C=S) groups is 1. The molecule has 1 N–H and O–H groups in total. The Balaban J connectivity index is 0.00000294. The van der Waals surface area contributed by atoms with Crippen LogP contribution in [0.1, 0.15) is 44.5 Å². The van der Waals surface area contributed by atoms with Gasteiger partial charge in [0, 0.05) is 37.9 Å². The van der Waals surface area contributed by atoms with E-state index in [1.54, 1.807) is 24.8 Å². The second-order valence-corrected chi connectivity index (χ2v) is 10.5. The predicted molar refractivity (Wildman–Crippen MR) is 160 cm³/mol. The lowest BCUT2D eigenvalue weighted by Gasteiger charge is -2.32. The quantitative estimate of drug-likeness (QED) is 0.429. The van der Waals surface area contributed by atoms with Crippen LogP contribution in [0.5, 0.6) is 5.75 Å². The van der Waals surface area contributed by atoms with Gasteiger partial charge >= 0.3 is 6.18 Å². The molecule has 0 spiro atoms. The Bertz CT molecular complexity index is 1320. The van der Waals surface area contributed by atoms with Gasteiger partial charge in [-0.05, 0) is 69.2 Å². The van der Waals surface area contributed by atoms with Crippen LogP contribution in [0.4, 0.5) is 24.5 Å². The van der Waals surface area contributed by atoms with Crippen LogP contribution < -0.4 is 19.9 Å². The minimum Gasteiger partial charge on any atom is -0.492 e. The maximum atomic E-state index is 13.6. The van der Waals surface area contributed by atoms with E-state index in [1.165, 1.54) is 6.07 Å². The number of anilines is 2. The Hall–Kier alpha value is -2.69. The maximum absolute atomic E-state index is 13.6. The Morgan fingerprint density at radius 3 is 2.56 bits per heavy atom. The van der Waals surface area contributed by atoms with Crippen LogP contribution in [0.2, 0.25) is 0 Å². The molecule has 2 aliphatic heterocycles. The van der Waals surface area contributed by atoms with Gasteiger partial charge in [-0.15, -0.1) is 24.8 Å². The van der Waals surface area contributed by atoms with Gasteiger partial charge in [-0.2, -0.15) is 18.4 Å². The number of carbonyl (C=O) groups excluding carboxylic acids is 1. The number of pyridine rings is 1. The summed E-state index contributed by atoms with van der Waals surface area (Å²) < 4.78 is 46.8. The van der Waals surface area contributed by atoms with Gasteiger partial charge in [0.2, 0.25) is 0 Å². The molecule has 0 radical (unpaired) electrons. The second kappa shape index (κ2) is 13.5. The number of ether oxygens (including phenoxy) is 1. The van der Waals surface area contributed by atoms with Crippen molar-refractivity contribution < 1.29 is 22.7 Å². The fourth-order valence-corrected chi connectivity index (χ4v) is 5.48. The van der Waals surface area contributed by atoms with Crippen molar-refractivity contribution in [1.29, 1.82) is 5.26 Å². The topological polar surface area (TPSA) is 84.7 Å². The first-order valence-electron chi connectivity index (χ1n) is 12.8. The fourth-order valence-electron chi connectivity index (χ4n) is 4.96. The highest BCUT2D eigenvalue weighted by molar-refractivity contribution is 7.81. The molecule has 1 atom stereocenters. The number of aromatic nitrogens is 1. The van der Waals surface area contributed by atoms with Crippen LogP contribution in [-0.4, -0.2) is 65.3 Å². The molecule has 0 aliphatic carbocycles. The van der Waals surface area contributed by atoms with Gasteiger partial charge < -0.3 is 15.0 Å². The maximum Gasteiger partial charge on any atom is 0.419 e. The van der Waals surface area contributed by atoms with Crippen molar-refractivity contribution in [1.82, 2.24) is 15.2 Å². The number of amides is 1. The fraction of sp³-hybridized carbons (Fsp3) is 0.481. The van der Waals surface area contributed by atoms with E-state index in [-0.39, 0.29) is 35.6 Å². The smallest absolute Gasteiger partial charge is 0.419 e. The lowest BCUT2D eigenvalue weighted by molar-refractivity contribution is -0.138. The molecule has 14 heteroatoms. The van der Waals surface area contributed by atoms with Crippen LogP contribution in [0.25, 0.3) is 0 Å². The minimum atomic E-state index is -4.82. The third kappa shape index (κ3) is 7.04. The highest BCUT2D eigenvalue weighted by Gasteiger charge is 2.51. The standard InChI is InChI=1S/C27H31F3N6O2S.2ClH/c1-5-18-12-19(6-7-23(18)38-11-10-34-9-8-32-17(2)16-34)36-25(39)35(24(37)26(36,3)4)20-13-21(27(28,29)30)22(14-31)33-15-20;;/h6-7,12-13,15,17,32H,5,8-11,16H2,1-4H3;2*1H. The molecule has 0 bridgehead atoms. The number of hydrogen-bond donors (Lipinski definition) is 1. The summed E-state index contributed by atoms with van der Waals surface area (Å²) in [5, 5.41) is 12.5. The number of rotatable bonds is 7. The summed E-state index contributed by atoms with van der Waals surface area (Å²) in [5.41, 5.74) is -1.78. The number of halogens is 5. The molecule has 1 aromatic carbocycles. The molecule has 1 aromatic heterocycles. The highest BCUT2D eigenvalue weighted by atomic mass is 35.5. The van der Waals surface area contributed by atoms with Crippen LogP contribution in [-0.2, 0) is 17.4 Å². The van der Waals surface area contributed by atoms with Crippen molar-refractivity contribution in [3.8, 4) is 11.8 Å². The molecule has 1 amide bonds. The number of nitrogens with one attached hydrogen (secondary N) is 1. The first-order valence-corrected chi connectivity index (χ1v) is 13.2. The van der Waals surface area contributed by atoms with E-state index in [0.29, 0.717) is 24.8 Å². The van der Waals surface area contributed by atoms with E-state index in [4.69, 9.17) is 22.2 Å². The van der Waals surface area contributed by atoms with Crippen LogP contribution >= 0.6 is 37.0 Å². The number of hydrogen-bond acceptors (Lipinski definition) is 7. The largest absolute Gasteiger partial charge is 0.492 e. The van der Waals surface area contributed by atoms with Crippen LogP contribution in [0.3, 0.4) is 0 Å². The number of nitrogens with zero attached hydrogens (tertiary/aromatic N) is 5. The normalized spacial score (nSPS) is 18.9. The minimum absolute atomic E-state index is 0. The third-order valence-electron chi connectivity index (χ3n) is 7.01. The third-order valence-corrected chi connectivity index (χ3v) is 7.38. The average molecular weight is 634 g/mol. The summed E-state index contributed by atoms with van der Waals surface area (Å²) in [4.78, 5) is 22.1. The summed E-state index contributed by atoms with van der Waals surface area (Å²) in [6.45, 7) is 11.7. The van der Waals surface area contributed by atoms with E-state index in [9.17, 15) is 18.0 Å². The molecule has 3 heterocycles. The molecule has 2 saturated heterocycles. The van der Waals surface area contributed by atoms with Crippen molar-refractivity contribution in [2.75, 3.05) is 42.6 Å². The van der Waals surface area contributed by atoms with Gasteiger partial charge in [0.15, 0.2) is 10.8 Å². The molecule has 2 aromatic rings. The molecule has 2 aliphatic rings. The van der Waals surface area contributed by atoms with Gasteiger partial charge in [0.05, 0.1) is 17.4 Å². The van der Waals surface area contributed by atoms with E-state index < -0.39 is 28.9 Å². The predicted octanol–water partition coefficient (Wildman–Crippen LogP) is 4.97. The molecule has 2 fully saturated rings. The SMILES string of the molecule is CCc1cc(N2C(=S)N(c3cnc(C#N)c(C(F)(F)F)c3)C(=O)C2(C)C)ccc1OCCN1CCNC(C)C1.Cl.Cl. The molecular weight excluding hydrogens is 600 g/mol. The Morgan fingerprint density at radius 1 is 1.24 bits per heavy atom. The second-order valence-electron chi connectivity index (χ2n) is 10.2. The van der Waals surface area contributed by atoms with Crippen molar-refractivity contribution >= 4 is 59.4 Å². The van der Waals surface area contributed by atoms with Gasteiger partial charge in [-0.3, -0.25) is 14.6 Å². The van der Waals surface area contributed by atoms with Crippen LogP contribution in [0.15, 0.2) is 30.5 Å². The van der Waals surface area contributed by atoms with E-state index in [0.717, 1.165) is 54.7 Å². The lowest BCUT2D eigenvalue weighted by Crippen LogP contribution is -2.50. The summed E-state index contributed by atoms with van der Waals surface area (Å²) in [5.74, 6) is 0.234. The van der Waals surface area contributed by atoms with E-state index in [2.05, 4.69) is 22.1 Å². The Morgan fingerprint density at radius 2 is 1.95 bits per heavy atom.